The molecule has 0 radical (unpaired) electrons. The molecule has 1 N–H and O–H groups in total. The van der Waals surface area contributed by atoms with E-state index < -0.39 is 0 Å². The van der Waals surface area contributed by atoms with Crippen LogP contribution in [0.1, 0.15) is 29.0 Å². The number of halogens is 1. The minimum Gasteiger partial charge on any atom is -0.496 e. The predicted molar refractivity (Wildman–Crippen MR) is 104 cm³/mol. The third-order valence-corrected chi connectivity index (χ3v) is 5.00. The molecule has 1 fully saturated rings. The third-order valence-electron chi connectivity index (χ3n) is 4.38. The Bertz CT molecular complexity index is 778. The Morgan fingerprint density at radius 3 is 2.77 bits per heavy atom. The maximum atomic E-state index is 12.6. The number of rotatable bonds is 5. The minimum absolute atomic E-state index is 0.154. The second-order valence-electron chi connectivity index (χ2n) is 6.09. The molecule has 3 rings (SSSR count). The summed E-state index contributed by atoms with van der Waals surface area (Å²) in [7, 11) is 1.62. The van der Waals surface area contributed by atoms with Crippen LogP contribution in [0.25, 0.3) is 0 Å². The first-order valence-corrected chi connectivity index (χ1v) is 9.31. The third kappa shape index (κ3) is 4.34. The lowest BCUT2D eigenvalue weighted by atomic mass is 10.1. The van der Waals surface area contributed by atoms with Gasteiger partial charge >= 0.3 is 0 Å². The van der Waals surface area contributed by atoms with Crippen molar-refractivity contribution >= 4 is 27.5 Å². The Labute approximate surface area is 161 Å². The number of benzene rings is 1. The van der Waals surface area contributed by atoms with E-state index in [9.17, 15) is 4.79 Å². The summed E-state index contributed by atoms with van der Waals surface area (Å²) < 4.78 is 11.5. The maximum absolute atomic E-state index is 12.6. The number of morpholine rings is 1. The molecule has 6 nitrogen and oxygen atoms in total. The van der Waals surface area contributed by atoms with Gasteiger partial charge < -0.3 is 19.7 Å². The molecule has 1 aromatic carbocycles. The zero-order valence-corrected chi connectivity index (χ0v) is 16.5. The molecular formula is C19H22BrN3O3. The van der Waals surface area contributed by atoms with Gasteiger partial charge in [-0.2, -0.15) is 0 Å². The first-order chi connectivity index (χ1) is 12.6. The number of carbonyl (C=O) groups is 1. The number of nitrogens with zero attached hydrogens (tertiary/aromatic N) is 2. The second kappa shape index (κ2) is 8.51. The van der Waals surface area contributed by atoms with E-state index in [1.807, 2.05) is 37.3 Å². The highest BCUT2D eigenvalue weighted by molar-refractivity contribution is 9.10. The van der Waals surface area contributed by atoms with Crippen LogP contribution in [0.5, 0.6) is 5.75 Å². The normalized spacial score (nSPS) is 15.4. The lowest BCUT2D eigenvalue weighted by Crippen LogP contribution is -2.36. The van der Waals surface area contributed by atoms with Crippen molar-refractivity contribution in [3.05, 3.63) is 52.3 Å². The van der Waals surface area contributed by atoms with Gasteiger partial charge in [0.05, 0.1) is 30.8 Å². The number of aromatic nitrogens is 1. The molecule has 0 saturated carbocycles. The molecule has 1 unspecified atom stereocenters. The standard InChI is InChI=1S/C19H22BrN3O3/c1-13(14-3-4-18(25-2)16(20)11-14)22-19(24)17-12-15(5-6-21-17)23-7-9-26-10-8-23/h3-6,11-13H,7-10H2,1-2H3,(H,22,24). The summed E-state index contributed by atoms with van der Waals surface area (Å²) in [5.74, 6) is 0.562. The minimum atomic E-state index is -0.195. The summed E-state index contributed by atoms with van der Waals surface area (Å²) in [6, 6.07) is 9.36. The molecule has 2 aromatic rings. The van der Waals surface area contributed by atoms with E-state index in [-0.39, 0.29) is 11.9 Å². The van der Waals surface area contributed by atoms with Gasteiger partial charge in [0.2, 0.25) is 0 Å². The quantitative estimate of drug-likeness (QED) is 0.805. The molecule has 1 aliphatic rings. The Hall–Kier alpha value is -2.12. The van der Waals surface area contributed by atoms with Gasteiger partial charge in [0.1, 0.15) is 11.4 Å². The van der Waals surface area contributed by atoms with Crippen LogP contribution in [0.3, 0.4) is 0 Å². The number of carbonyl (C=O) groups excluding carboxylic acids is 1. The van der Waals surface area contributed by atoms with Crippen LogP contribution in [-0.2, 0) is 4.74 Å². The molecular weight excluding hydrogens is 398 g/mol. The Morgan fingerprint density at radius 1 is 1.31 bits per heavy atom. The molecule has 1 atom stereocenters. The van der Waals surface area contributed by atoms with Gasteiger partial charge in [-0.1, -0.05) is 6.07 Å². The molecule has 0 spiro atoms. The molecule has 1 aliphatic heterocycles. The fourth-order valence-corrected chi connectivity index (χ4v) is 3.43. The Balaban J connectivity index is 1.70. The zero-order valence-electron chi connectivity index (χ0n) is 14.9. The molecule has 138 valence electrons. The number of amides is 1. The summed E-state index contributed by atoms with van der Waals surface area (Å²) in [6.07, 6.45) is 1.67. The predicted octanol–water partition coefficient (Wildman–Crippen LogP) is 3.18. The molecule has 7 heteroatoms. The van der Waals surface area contributed by atoms with E-state index in [0.717, 1.165) is 34.6 Å². The summed E-state index contributed by atoms with van der Waals surface area (Å²) in [5, 5.41) is 3.00. The Kier molecular flexibility index (Phi) is 6.11. The van der Waals surface area contributed by atoms with Crippen LogP contribution in [-0.4, -0.2) is 44.3 Å². The van der Waals surface area contributed by atoms with E-state index in [1.54, 1.807) is 13.3 Å². The van der Waals surface area contributed by atoms with Crippen LogP contribution in [0.15, 0.2) is 41.0 Å². The van der Waals surface area contributed by atoms with Gasteiger partial charge in [-0.25, -0.2) is 0 Å². The molecule has 0 bridgehead atoms. The number of hydrogen-bond acceptors (Lipinski definition) is 5. The maximum Gasteiger partial charge on any atom is 0.270 e. The van der Waals surface area contributed by atoms with Crippen LogP contribution >= 0.6 is 15.9 Å². The van der Waals surface area contributed by atoms with E-state index in [4.69, 9.17) is 9.47 Å². The highest BCUT2D eigenvalue weighted by Crippen LogP contribution is 2.28. The number of ether oxygens (including phenoxy) is 2. The average molecular weight is 420 g/mol. The van der Waals surface area contributed by atoms with E-state index >= 15 is 0 Å². The summed E-state index contributed by atoms with van der Waals surface area (Å²) >= 11 is 3.47. The number of hydrogen-bond donors (Lipinski definition) is 1. The highest BCUT2D eigenvalue weighted by Gasteiger charge is 2.17. The topological polar surface area (TPSA) is 63.7 Å². The van der Waals surface area contributed by atoms with Gasteiger partial charge in [0.25, 0.3) is 5.91 Å². The van der Waals surface area contributed by atoms with Crippen LogP contribution < -0.4 is 15.0 Å². The lowest BCUT2D eigenvalue weighted by Gasteiger charge is -2.28. The van der Waals surface area contributed by atoms with Crippen molar-refractivity contribution in [2.24, 2.45) is 0 Å². The van der Waals surface area contributed by atoms with Crippen LogP contribution in [0.4, 0.5) is 5.69 Å². The average Bonchev–Trinajstić information content (AvgIpc) is 2.68. The molecule has 2 heterocycles. The van der Waals surface area contributed by atoms with Crippen molar-refractivity contribution in [2.45, 2.75) is 13.0 Å². The Morgan fingerprint density at radius 2 is 2.08 bits per heavy atom. The number of pyridine rings is 1. The fourth-order valence-electron chi connectivity index (χ4n) is 2.87. The molecule has 1 amide bonds. The van der Waals surface area contributed by atoms with Gasteiger partial charge in [-0.05, 0) is 52.7 Å². The van der Waals surface area contributed by atoms with Gasteiger partial charge in [0, 0.05) is 25.0 Å². The second-order valence-corrected chi connectivity index (χ2v) is 6.94. The van der Waals surface area contributed by atoms with Gasteiger partial charge in [-0.3, -0.25) is 9.78 Å². The lowest BCUT2D eigenvalue weighted by molar-refractivity contribution is 0.0935. The van der Waals surface area contributed by atoms with Crippen LogP contribution in [0, 0.1) is 0 Å². The van der Waals surface area contributed by atoms with Crippen molar-refractivity contribution < 1.29 is 14.3 Å². The van der Waals surface area contributed by atoms with Gasteiger partial charge in [0.15, 0.2) is 0 Å². The first-order valence-electron chi connectivity index (χ1n) is 8.51. The number of anilines is 1. The smallest absolute Gasteiger partial charge is 0.270 e. The van der Waals surface area contributed by atoms with Gasteiger partial charge in [-0.15, -0.1) is 0 Å². The van der Waals surface area contributed by atoms with E-state index in [2.05, 4.69) is 31.1 Å². The molecule has 0 aliphatic carbocycles. The number of methoxy groups -OCH3 is 1. The van der Waals surface area contributed by atoms with Crippen molar-refractivity contribution in [3.8, 4) is 5.75 Å². The monoisotopic (exact) mass is 419 g/mol. The van der Waals surface area contributed by atoms with Crippen LogP contribution in [0.2, 0.25) is 0 Å². The zero-order chi connectivity index (χ0) is 18.5. The molecule has 26 heavy (non-hydrogen) atoms. The summed E-state index contributed by atoms with van der Waals surface area (Å²) in [5.41, 5.74) is 2.39. The van der Waals surface area contributed by atoms with Crippen molar-refractivity contribution in [1.82, 2.24) is 10.3 Å². The summed E-state index contributed by atoms with van der Waals surface area (Å²) in [4.78, 5) is 19.0. The highest BCUT2D eigenvalue weighted by atomic mass is 79.9. The van der Waals surface area contributed by atoms with Crippen molar-refractivity contribution in [1.29, 1.82) is 0 Å². The first kappa shape index (κ1) is 18.7. The summed E-state index contributed by atoms with van der Waals surface area (Å²) in [6.45, 7) is 4.99. The molecule has 1 saturated heterocycles. The SMILES string of the molecule is COc1ccc(C(C)NC(=O)c2cc(N3CCOCC3)ccn2)cc1Br. The largest absolute Gasteiger partial charge is 0.496 e. The van der Waals surface area contributed by atoms with E-state index in [1.165, 1.54) is 0 Å². The van der Waals surface area contributed by atoms with Crippen molar-refractivity contribution in [2.75, 3.05) is 38.3 Å². The van der Waals surface area contributed by atoms with E-state index in [0.29, 0.717) is 18.9 Å². The molecule has 1 aromatic heterocycles. The number of nitrogens with one attached hydrogen (secondary N) is 1. The fraction of sp³-hybridized carbons (Fsp3) is 0.368. The van der Waals surface area contributed by atoms with Crippen molar-refractivity contribution in [3.63, 3.8) is 0 Å².